The van der Waals surface area contributed by atoms with E-state index in [0.717, 1.165) is 11.3 Å². The average molecular weight is 243 g/mol. The molecule has 5 heteroatoms. The van der Waals surface area contributed by atoms with Gasteiger partial charge in [-0.3, -0.25) is 4.98 Å². The summed E-state index contributed by atoms with van der Waals surface area (Å²) in [5.74, 6) is -0.417. The van der Waals surface area contributed by atoms with Gasteiger partial charge < -0.3 is 4.74 Å². The second-order valence-electron chi connectivity index (χ2n) is 3.67. The number of pyridine rings is 1. The molecule has 2 heterocycles. The molecule has 0 aromatic carbocycles. The molecular weight excluding hydrogens is 230 g/mol. The number of carbonyl (C=O) groups is 1. The van der Waals surface area contributed by atoms with E-state index in [1.54, 1.807) is 19.3 Å². The van der Waals surface area contributed by atoms with Crippen molar-refractivity contribution in [2.75, 3.05) is 6.61 Å². The molecule has 92 valence electrons. The van der Waals surface area contributed by atoms with E-state index in [-0.39, 0.29) is 5.82 Å². The Balaban J connectivity index is 2.41. The van der Waals surface area contributed by atoms with Gasteiger partial charge in [-0.15, -0.1) is 0 Å². The van der Waals surface area contributed by atoms with Gasteiger partial charge in [-0.2, -0.15) is 0 Å². The highest BCUT2D eigenvalue weighted by Gasteiger charge is 2.12. The minimum atomic E-state index is -0.503. The first-order valence-electron chi connectivity index (χ1n) is 5.64. The van der Waals surface area contributed by atoms with Crippen LogP contribution in [0.4, 0.5) is 0 Å². The van der Waals surface area contributed by atoms with E-state index in [4.69, 9.17) is 4.74 Å². The fraction of sp³-hybridized carbons (Fsp3) is 0.231. The summed E-state index contributed by atoms with van der Waals surface area (Å²) in [6, 6.07) is 5.48. The van der Waals surface area contributed by atoms with Gasteiger partial charge in [0.2, 0.25) is 5.82 Å². The minimum Gasteiger partial charge on any atom is -0.460 e. The molecule has 0 bridgehead atoms. The number of aromatic nitrogens is 3. The van der Waals surface area contributed by atoms with Gasteiger partial charge in [0, 0.05) is 23.7 Å². The van der Waals surface area contributed by atoms with Crippen LogP contribution in [0.25, 0.3) is 11.3 Å². The smallest absolute Gasteiger partial charge is 0.376 e. The monoisotopic (exact) mass is 243 g/mol. The number of ether oxygens (including phenoxy) is 1. The quantitative estimate of drug-likeness (QED) is 0.772. The van der Waals surface area contributed by atoms with Gasteiger partial charge in [-0.25, -0.2) is 14.8 Å². The van der Waals surface area contributed by atoms with E-state index in [0.29, 0.717) is 12.3 Å². The van der Waals surface area contributed by atoms with E-state index in [1.807, 2.05) is 25.1 Å². The molecule has 0 unspecified atom stereocenters. The van der Waals surface area contributed by atoms with Gasteiger partial charge in [0.05, 0.1) is 12.3 Å². The first-order chi connectivity index (χ1) is 8.70. The van der Waals surface area contributed by atoms with Crippen molar-refractivity contribution in [2.45, 2.75) is 13.8 Å². The lowest BCUT2D eigenvalue weighted by atomic mass is 10.2. The zero-order chi connectivity index (χ0) is 13.0. The zero-order valence-electron chi connectivity index (χ0n) is 10.3. The molecule has 18 heavy (non-hydrogen) atoms. The summed E-state index contributed by atoms with van der Waals surface area (Å²) < 4.78 is 4.90. The Morgan fingerprint density at radius 2 is 2.00 bits per heavy atom. The number of carbonyl (C=O) groups excluding carboxylic acids is 1. The molecule has 0 saturated heterocycles. The molecule has 0 radical (unpaired) electrons. The maximum Gasteiger partial charge on any atom is 0.376 e. The number of nitrogens with zero attached hydrogens (tertiary/aromatic N) is 3. The Hall–Kier alpha value is -2.30. The maximum atomic E-state index is 11.6. The first kappa shape index (κ1) is 12.2. The van der Waals surface area contributed by atoms with Crippen LogP contribution < -0.4 is 0 Å². The molecule has 2 aromatic heterocycles. The molecule has 2 rings (SSSR count). The summed E-state index contributed by atoms with van der Waals surface area (Å²) in [7, 11) is 0. The van der Waals surface area contributed by atoms with E-state index < -0.39 is 5.97 Å². The predicted octanol–water partition coefficient (Wildman–Crippen LogP) is 2.02. The number of hydrogen-bond acceptors (Lipinski definition) is 5. The molecule has 5 nitrogen and oxygen atoms in total. The van der Waals surface area contributed by atoms with E-state index >= 15 is 0 Å². The lowest BCUT2D eigenvalue weighted by Gasteiger charge is -2.05. The largest absolute Gasteiger partial charge is 0.460 e. The van der Waals surface area contributed by atoms with Gasteiger partial charge >= 0.3 is 5.97 Å². The van der Waals surface area contributed by atoms with Crippen LogP contribution >= 0.6 is 0 Å². The SMILES string of the molecule is CCOC(=O)c1nc(C)cc(-c2ccncc2)n1. The fourth-order valence-electron chi connectivity index (χ4n) is 1.53. The van der Waals surface area contributed by atoms with Crippen LogP contribution in [0.5, 0.6) is 0 Å². The standard InChI is InChI=1S/C13H13N3O2/c1-3-18-13(17)12-15-9(2)8-11(16-12)10-4-6-14-7-5-10/h4-8H,3H2,1-2H3. The minimum absolute atomic E-state index is 0.0867. The van der Waals surface area contributed by atoms with Crippen LogP contribution in [0.2, 0.25) is 0 Å². The molecule has 0 spiro atoms. The molecule has 0 aliphatic heterocycles. The Morgan fingerprint density at radius 3 is 2.67 bits per heavy atom. The fourth-order valence-corrected chi connectivity index (χ4v) is 1.53. The summed E-state index contributed by atoms with van der Waals surface area (Å²) in [6.45, 7) is 3.87. The van der Waals surface area contributed by atoms with Gasteiger partial charge in [-0.1, -0.05) is 0 Å². The van der Waals surface area contributed by atoms with Gasteiger partial charge in [0.15, 0.2) is 0 Å². The summed E-state index contributed by atoms with van der Waals surface area (Å²) in [5, 5.41) is 0. The summed E-state index contributed by atoms with van der Waals surface area (Å²) in [4.78, 5) is 23.9. The van der Waals surface area contributed by atoms with Crippen molar-refractivity contribution in [3.63, 3.8) is 0 Å². The summed E-state index contributed by atoms with van der Waals surface area (Å²) in [5.41, 5.74) is 2.30. The van der Waals surface area contributed by atoms with E-state index in [2.05, 4.69) is 15.0 Å². The zero-order valence-corrected chi connectivity index (χ0v) is 10.3. The third-order valence-electron chi connectivity index (χ3n) is 2.29. The van der Waals surface area contributed by atoms with Gasteiger partial charge in [-0.05, 0) is 32.0 Å². The second-order valence-corrected chi connectivity index (χ2v) is 3.67. The lowest BCUT2D eigenvalue weighted by molar-refractivity contribution is 0.0512. The Labute approximate surface area is 105 Å². The molecular formula is C13H13N3O2. The molecule has 2 aromatic rings. The van der Waals surface area contributed by atoms with Gasteiger partial charge in [0.1, 0.15) is 0 Å². The van der Waals surface area contributed by atoms with Crippen molar-refractivity contribution in [1.82, 2.24) is 15.0 Å². The van der Waals surface area contributed by atoms with E-state index in [9.17, 15) is 4.79 Å². The molecule has 0 N–H and O–H groups in total. The van der Waals surface area contributed by atoms with Crippen LogP contribution in [0.1, 0.15) is 23.2 Å². The molecule has 0 amide bonds. The van der Waals surface area contributed by atoms with Crippen LogP contribution in [-0.4, -0.2) is 27.5 Å². The molecule has 0 fully saturated rings. The molecule has 0 aliphatic carbocycles. The molecule has 0 saturated carbocycles. The Kier molecular flexibility index (Phi) is 3.62. The highest BCUT2D eigenvalue weighted by atomic mass is 16.5. The van der Waals surface area contributed by atoms with E-state index in [1.165, 1.54) is 0 Å². The van der Waals surface area contributed by atoms with Crippen molar-refractivity contribution in [3.8, 4) is 11.3 Å². The summed E-state index contributed by atoms with van der Waals surface area (Å²) in [6.07, 6.45) is 3.35. The van der Waals surface area contributed by atoms with Crippen LogP contribution in [0.15, 0.2) is 30.6 Å². The maximum absolute atomic E-state index is 11.6. The lowest BCUT2D eigenvalue weighted by Crippen LogP contribution is -2.11. The van der Waals surface area contributed by atoms with Crippen molar-refractivity contribution < 1.29 is 9.53 Å². The number of aryl methyl sites for hydroxylation is 1. The number of hydrogen-bond donors (Lipinski definition) is 0. The summed E-state index contributed by atoms with van der Waals surface area (Å²) >= 11 is 0. The molecule has 0 aliphatic rings. The highest BCUT2D eigenvalue weighted by molar-refractivity contribution is 5.85. The number of rotatable bonds is 3. The third-order valence-corrected chi connectivity index (χ3v) is 2.29. The first-order valence-corrected chi connectivity index (χ1v) is 5.64. The normalized spacial score (nSPS) is 10.1. The van der Waals surface area contributed by atoms with Crippen molar-refractivity contribution >= 4 is 5.97 Å². The number of esters is 1. The third kappa shape index (κ3) is 2.68. The Bertz CT molecular complexity index is 555. The molecule has 0 atom stereocenters. The topological polar surface area (TPSA) is 65.0 Å². The van der Waals surface area contributed by atoms with Gasteiger partial charge in [0.25, 0.3) is 0 Å². The van der Waals surface area contributed by atoms with Crippen molar-refractivity contribution in [3.05, 3.63) is 42.1 Å². The van der Waals surface area contributed by atoms with Crippen LogP contribution in [-0.2, 0) is 4.74 Å². The highest BCUT2D eigenvalue weighted by Crippen LogP contribution is 2.16. The average Bonchev–Trinajstić information content (AvgIpc) is 2.39. The van der Waals surface area contributed by atoms with Crippen molar-refractivity contribution in [1.29, 1.82) is 0 Å². The Morgan fingerprint density at radius 1 is 1.28 bits per heavy atom. The van der Waals surface area contributed by atoms with Crippen molar-refractivity contribution in [2.24, 2.45) is 0 Å². The predicted molar refractivity (Wildman–Crippen MR) is 66.0 cm³/mol. The van der Waals surface area contributed by atoms with Crippen LogP contribution in [0.3, 0.4) is 0 Å². The second kappa shape index (κ2) is 5.35. The van der Waals surface area contributed by atoms with Crippen LogP contribution in [0, 0.1) is 6.92 Å².